The van der Waals surface area contributed by atoms with Gasteiger partial charge in [-0.25, -0.2) is 0 Å². The Labute approximate surface area is 157 Å². The number of nitrogens with zero attached hydrogens (tertiary/aromatic N) is 2. The third-order valence-corrected chi connectivity index (χ3v) is 4.31. The Kier molecular flexibility index (Phi) is 5.58. The van der Waals surface area contributed by atoms with Crippen molar-refractivity contribution >= 4 is 23.2 Å². The maximum absolute atomic E-state index is 12.2. The highest BCUT2D eigenvalue weighted by atomic mass is 35.5. The van der Waals surface area contributed by atoms with E-state index in [4.69, 9.17) is 16.3 Å². The van der Waals surface area contributed by atoms with E-state index < -0.39 is 5.56 Å². The molecule has 0 spiro atoms. The van der Waals surface area contributed by atoms with Gasteiger partial charge in [0.05, 0.1) is 19.9 Å². The Bertz CT molecular complexity index is 969. The zero-order valence-electron chi connectivity index (χ0n) is 14.7. The molecule has 6 heteroatoms. The Morgan fingerprint density at radius 1 is 1.19 bits per heavy atom. The van der Waals surface area contributed by atoms with Gasteiger partial charge >= 0.3 is 5.56 Å². The number of aromatic nitrogens is 2. The normalized spacial score (nSPS) is 10.6. The molecule has 0 amide bonds. The van der Waals surface area contributed by atoms with Gasteiger partial charge in [0, 0.05) is 10.7 Å². The number of para-hydroxylation sites is 1. The molecule has 134 valence electrons. The second-order valence-corrected chi connectivity index (χ2v) is 6.27. The summed E-state index contributed by atoms with van der Waals surface area (Å²) in [6.07, 6.45) is 2.53. The molecule has 0 saturated carbocycles. The van der Waals surface area contributed by atoms with Gasteiger partial charge in [-0.3, -0.25) is 4.79 Å². The molecule has 0 aliphatic carbocycles. The summed E-state index contributed by atoms with van der Waals surface area (Å²) in [5, 5.41) is 3.94. The molecule has 5 nitrogen and oxygen atoms in total. The van der Waals surface area contributed by atoms with Crippen molar-refractivity contribution in [3.8, 4) is 5.75 Å². The molecule has 2 aromatic carbocycles. The van der Waals surface area contributed by atoms with Gasteiger partial charge in [0.15, 0.2) is 0 Å². The van der Waals surface area contributed by atoms with E-state index in [-0.39, 0.29) is 5.75 Å². The molecule has 0 aliphatic heterocycles. The summed E-state index contributed by atoms with van der Waals surface area (Å²) in [5.74, 6) is 0.651. The zero-order valence-corrected chi connectivity index (χ0v) is 15.5. The molecule has 3 rings (SSSR count). The molecular formula is C20H20ClN3O2. The van der Waals surface area contributed by atoms with Crippen LogP contribution >= 0.6 is 11.6 Å². The highest BCUT2D eigenvalue weighted by Gasteiger charge is 2.11. The third-order valence-electron chi connectivity index (χ3n) is 4.07. The average molecular weight is 370 g/mol. The number of halogens is 1. The van der Waals surface area contributed by atoms with Crippen LogP contribution in [-0.2, 0) is 13.0 Å². The number of hydrogen-bond donors (Lipinski definition) is 1. The first kappa shape index (κ1) is 18.0. The SMILES string of the molecule is CCc1ccccc1Nc1nc(=O)c(OC)cn1Cc1cccc(Cl)c1. The molecule has 0 radical (unpaired) electrons. The average Bonchev–Trinajstić information content (AvgIpc) is 2.64. The number of hydrogen-bond acceptors (Lipinski definition) is 4. The lowest BCUT2D eigenvalue weighted by Gasteiger charge is -2.17. The molecule has 1 N–H and O–H groups in total. The van der Waals surface area contributed by atoms with Crippen LogP contribution in [0, 0.1) is 0 Å². The first-order valence-corrected chi connectivity index (χ1v) is 8.73. The second-order valence-electron chi connectivity index (χ2n) is 5.83. The maximum atomic E-state index is 12.2. The molecule has 0 atom stereocenters. The molecular weight excluding hydrogens is 350 g/mol. The molecule has 26 heavy (non-hydrogen) atoms. The monoisotopic (exact) mass is 369 g/mol. The van der Waals surface area contributed by atoms with Crippen molar-refractivity contribution in [2.24, 2.45) is 0 Å². The van der Waals surface area contributed by atoms with E-state index in [9.17, 15) is 4.79 Å². The number of aryl methyl sites for hydroxylation is 1. The van der Waals surface area contributed by atoms with Crippen molar-refractivity contribution in [2.75, 3.05) is 12.4 Å². The molecule has 3 aromatic rings. The predicted molar refractivity (Wildman–Crippen MR) is 105 cm³/mol. The lowest BCUT2D eigenvalue weighted by atomic mass is 10.1. The Hall–Kier alpha value is -2.79. The lowest BCUT2D eigenvalue weighted by molar-refractivity contribution is 0.402. The van der Waals surface area contributed by atoms with Crippen molar-refractivity contribution in [1.29, 1.82) is 0 Å². The van der Waals surface area contributed by atoms with Crippen LogP contribution in [0.1, 0.15) is 18.1 Å². The van der Waals surface area contributed by atoms with Gasteiger partial charge in [-0.15, -0.1) is 0 Å². The van der Waals surface area contributed by atoms with Gasteiger partial charge < -0.3 is 14.6 Å². The van der Waals surface area contributed by atoms with E-state index in [0.717, 1.165) is 23.2 Å². The number of rotatable bonds is 6. The summed E-state index contributed by atoms with van der Waals surface area (Å²) in [4.78, 5) is 16.3. The van der Waals surface area contributed by atoms with Crippen molar-refractivity contribution in [3.05, 3.63) is 81.2 Å². The van der Waals surface area contributed by atoms with Crippen LogP contribution in [0.15, 0.2) is 59.5 Å². The Morgan fingerprint density at radius 2 is 2.00 bits per heavy atom. The first-order valence-electron chi connectivity index (χ1n) is 8.35. The van der Waals surface area contributed by atoms with Crippen LogP contribution in [0.4, 0.5) is 11.6 Å². The minimum Gasteiger partial charge on any atom is -0.490 e. The number of methoxy groups -OCH3 is 1. The fourth-order valence-corrected chi connectivity index (χ4v) is 2.95. The van der Waals surface area contributed by atoms with E-state index in [0.29, 0.717) is 17.5 Å². The summed E-state index contributed by atoms with van der Waals surface area (Å²) in [5.41, 5.74) is 2.65. The molecule has 1 aromatic heterocycles. The largest absolute Gasteiger partial charge is 0.490 e. The van der Waals surface area contributed by atoms with E-state index in [2.05, 4.69) is 17.2 Å². The van der Waals surface area contributed by atoms with Gasteiger partial charge in [-0.1, -0.05) is 48.9 Å². The summed E-state index contributed by atoms with van der Waals surface area (Å²) in [6, 6.07) is 15.5. The van der Waals surface area contributed by atoms with Crippen molar-refractivity contribution in [2.45, 2.75) is 19.9 Å². The van der Waals surface area contributed by atoms with Crippen LogP contribution in [-0.4, -0.2) is 16.7 Å². The third kappa shape index (κ3) is 4.06. The number of anilines is 2. The zero-order chi connectivity index (χ0) is 18.5. The number of nitrogens with one attached hydrogen (secondary N) is 1. The first-order chi connectivity index (χ1) is 12.6. The van der Waals surface area contributed by atoms with Crippen molar-refractivity contribution in [1.82, 2.24) is 9.55 Å². The van der Waals surface area contributed by atoms with Gasteiger partial charge in [0.1, 0.15) is 0 Å². The molecule has 0 saturated heterocycles. The lowest BCUT2D eigenvalue weighted by Crippen LogP contribution is -2.19. The van der Waals surface area contributed by atoms with E-state index in [1.54, 1.807) is 6.20 Å². The predicted octanol–water partition coefficient (Wildman–Crippen LogP) is 4.26. The highest BCUT2D eigenvalue weighted by Crippen LogP contribution is 2.22. The second kappa shape index (κ2) is 8.06. The Morgan fingerprint density at radius 3 is 2.73 bits per heavy atom. The summed E-state index contributed by atoms with van der Waals surface area (Å²) in [6.45, 7) is 2.59. The standard InChI is InChI=1S/C20H20ClN3O2/c1-3-15-8-4-5-10-17(15)22-20-23-19(25)18(26-2)13-24(20)12-14-7-6-9-16(21)11-14/h4-11,13H,3,12H2,1-2H3,(H,22,23,25). The van der Waals surface area contributed by atoms with Crippen LogP contribution in [0.5, 0.6) is 5.75 Å². The quantitative estimate of drug-likeness (QED) is 0.705. The molecule has 0 bridgehead atoms. The summed E-state index contributed by atoms with van der Waals surface area (Å²) >= 11 is 6.09. The van der Waals surface area contributed by atoms with E-state index in [1.807, 2.05) is 53.1 Å². The number of benzene rings is 2. The van der Waals surface area contributed by atoms with Crippen LogP contribution in [0.2, 0.25) is 5.02 Å². The van der Waals surface area contributed by atoms with Crippen LogP contribution in [0.3, 0.4) is 0 Å². The fraction of sp³-hybridized carbons (Fsp3) is 0.200. The fourth-order valence-electron chi connectivity index (χ4n) is 2.74. The highest BCUT2D eigenvalue weighted by molar-refractivity contribution is 6.30. The minimum atomic E-state index is -0.411. The van der Waals surface area contributed by atoms with Crippen molar-refractivity contribution in [3.63, 3.8) is 0 Å². The van der Waals surface area contributed by atoms with Gasteiger partial charge in [-0.2, -0.15) is 4.98 Å². The molecule has 1 heterocycles. The van der Waals surface area contributed by atoms with E-state index >= 15 is 0 Å². The maximum Gasteiger partial charge on any atom is 0.316 e. The minimum absolute atomic E-state index is 0.196. The van der Waals surface area contributed by atoms with Crippen LogP contribution < -0.4 is 15.6 Å². The molecule has 0 unspecified atom stereocenters. The topological polar surface area (TPSA) is 56.1 Å². The van der Waals surface area contributed by atoms with Gasteiger partial charge in [0.25, 0.3) is 0 Å². The van der Waals surface area contributed by atoms with Crippen molar-refractivity contribution < 1.29 is 4.74 Å². The smallest absolute Gasteiger partial charge is 0.316 e. The van der Waals surface area contributed by atoms with E-state index in [1.165, 1.54) is 7.11 Å². The molecule has 0 fully saturated rings. The number of ether oxygens (including phenoxy) is 1. The van der Waals surface area contributed by atoms with Gasteiger partial charge in [-0.05, 0) is 35.7 Å². The Balaban J connectivity index is 2.03. The summed E-state index contributed by atoms with van der Waals surface area (Å²) in [7, 11) is 1.46. The summed E-state index contributed by atoms with van der Waals surface area (Å²) < 4.78 is 6.99. The van der Waals surface area contributed by atoms with Crippen LogP contribution in [0.25, 0.3) is 0 Å². The molecule has 0 aliphatic rings. The van der Waals surface area contributed by atoms with Gasteiger partial charge in [0.2, 0.25) is 11.7 Å².